The molecule has 0 saturated heterocycles. The zero-order valence-electron chi connectivity index (χ0n) is 10.6. The molecule has 0 aliphatic carbocycles. The summed E-state index contributed by atoms with van der Waals surface area (Å²) in [5.41, 5.74) is 6.96. The molecule has 0 radical (unpaired) electrons. The molecule has 94 valence electrons. The molecule has 0 spiro atoms. The van der Waals surface area contributed by atoms with Crippen LogP contribution in [0.15, 0.2) is 30.3 Å². The van der Waals surface area contributed by atoms with Gasteiger partial charge in [0.15, 0.2) is 0 Å². The van der Waals surface area contributed by atoms with Gasteiger partial charge in [0, 0.05) is 6.54 Å². The molecule has 3 heteroatoms. The molecular weight excluding hydrogens is 212 g/mol. The molecule has 0 aliphatic rings. The van der Waals surface area contributed by atoms with Gasteiger partial charge in [-0.3, -0.25) is 4.79 Å². The topological polar surface area (TPSA) is 55.1 Å². The number of hydrogen-bond donors (Lipinski definition) is 2. The average molecular weight is 234 g/mol. The lowest BCUT2D eigenvalue weighted by Gasteiger charge is -2.14. The summed E-state index contributed by atoms with van der Waals surface area (Å²) in [6.07, 6.45) is 1.65. The first-order chi connectivity index (χ1) is 8.13. The summed E-state index contributed by atoms with van der Waals surface area (Å²) in [5.74, 6) is 0.442. The van der Waals surface area contributed by atoms with Crippen LogP contribution in [0, 0.1) is 5.92 Å². The third-order valence-electron chi connectivity index (χ3n) is 2.96. The monoisotopic (exact) mass is 234 g/mol. The van der Waals surface area contributed by atoms with Crippen molar-refractivity contribution in [3.05, 3.63) is 35.9 Å². The average Bonchev–Trinajstić information content (AvgIpc) is 2.36. The minimum absolute atomic E-state index is 0.0610. The Bertz CT molecular complexity index is 337. The second kappa shape index (κ2) is 7.07. The van der Waals surface area contributed by atoms with Gasteiger partial charge < -0.3 is 11.1 Å². The summed E-state index contributed by atoms with van der Waals surface area (Å²) in [4.78, 5) is 11.7. The predicted molar refractivity (Wildman–Crippen MR) is 70.6 cm³/mol. The second-order valence-corrected chi connectivity index (χ2v) is 4.55. The van der Waals surface area contributed by atoms with Crippen molar-refractivity contribution in [2.24, 2.45) is 11.7 Å². The van der Waals surface area contributed by atoms with Crippen LogP contribution in [0.2, 0.25) is 0 Å². The van der Waals surface area contributed by atoms with E-state index in [9.17, 15) is 4.79 Å². The molecular formula is C14H22N2O. The van der Waals surface area contributed by atoms with E-state index in [0.29, 0.717) is 18.9 Å². The SMILES string of the molecule is CCC(C)CNC(=O)C(N)Cc1ccccc1. The van der Waals surface area contributed by atoms with Crippen LogP contribution in [0.5, 0.6) is 0 Å². The van der Waals surface area contributed by atoms with Crippen LogP contribution in [0.1, 0.15) is 25.8 Å². The lowest BCUT2D eigenvalue weighted by atomic mass is 10.1. The van der Waals surface area contributed by atoms with Crippen molar-refractivity contribution < 1.29 is 4.79 Å². The molecule has 0 bridgehead atoms. The lowest BCUT2D eigenvalue weighted by molar-refractivity contribution is -0.122. The minimum atomic E-state index is -0.457. The van der Waals surface area contributed by atoms with Gasteiger partial charge in [-0.25, -0.2) is 0 Å². The van der Waals surface area contributed by atoms with Gasteiger partial charge in [0.1, 0.15) is 0 Å². The van der Waals surface area contributed by atoms with Gasteiger partial charge in [-0.05, 0) is 17.9 Å². The van der Waals surface area contributed by atoms with E-state index < -0.39 is 6.04 Å². The first-order valence-corrected chi connectivity index (χ1v) is 6.20. The maximum absolute atomic E-state index is 11.7. The molecule has 0 saturated carbocycles. The second-order valence-electron chi connectivity index (χ2n) is 4.55. The number of carbonyl (C=O) groups is 1. The van der Waals surface area contributed by atoms with E-state index in [2.05, 4.69) is 19.2 Å². The van der Waals surface area contributed by atoms with E-state index in [4.69, 9.17) is 5.73 Å². The Kier molecular flexibility index (Phi) is 5.70. The Labute approximate surface area is 103 Å². The van der Waals surface area contributed by atoms with E-state index >= 15 is 0 Å². The van der Waals surface area contributed by atoms with Gasteiger partial charge in [0.2, 0.25) is 5.91 Å². The minimum Gasteiger partial charge on any atom is -0.354 e. The lowest BCUT2D eigenvalue weighted by Crippen LogP contribution is -2.43. The van der Waals surface area contributed by atoms with Crippen LogP contribution in [-0.2, 0) is 11.2 Å². The normalized spacial score (nSPS) is 14.1. The number of amides is 1. The molecule has 0 fully saturated rings. The summed E-state index contributed by atoms with van der Waals surface area (Å²) in [6.45, 7) is 4.93. The molecule has 2 unspecified atom stereocenters. The zero-order valence-corrected chi connectivity index (χ0v) is 10.6. The van der Waals surface area contributed by atoms with Crippen LogP contribution < -0.4 is 11.1 Å². The Hall–Kier alpha value is -1.35. The van der Waals surface area contributed by atoms with E-state index in [0.717, 1.165) is 12.0 Å². The van der Waals surface area contributed by atoms with Crippen LogP contribution in [0.25, 0.3) is 0 Å². The number of hydrogen-bond acceptors (Lipinski definition) is 2. The standard InChI is InChI=1S/C14H22N2O/c1-3-11(2)10-16-14(17)13(15)9-12-7-5-4-6-8-12/h4-8,11,13H,3,9-10,15H2,1-2H3,(H,16,17). The van der Waals surface area contributed by atoms with E-state index in [1.807, 2.05) is 30.3 Å². The van der Waals surface area contributed by atoms with Gasteiger partial charge >= 0.3 is 0 Å². The Balaban J connectivity index is 2.37. The van der Waals surface area contributed by atoms with Gasteiger partial charge in [-0.15, -0.1) is 0 Å². The molecule has 3 N–H and O–H groups in total. The van der Waals surface area contributed by atoms with Crippen molar-refractivity contribution in [1.82, 2.24) is 5.32 Å². The predicted octanol–water partition coefficient (Wildman–Crippen LogP) is 1.72. The largest absolute Gasteiger partial charge is 0.354 e. The number of nitrogens with two attached hydrogens (primary N) is 1. The molecule has 3 nitrogen and oxygen atoms in total. The van der Waals surface area contributed by atoms with Crippen molar-refractivity contribution in [2.45, 2.75) is 32.7 Å². The molecule has 1 amide bonds. The number of benzene rings is 1. The van der Waals surface area contributed by atoms with Crippen molar-refractivity contribution >= 4 is 5.91 Å². The third kappa shape index (κ3) is 5.00. The van der Waals surface area contributed by atoms with Crippen molar-refractivity contribution in [3.8, 4) is 0 Å². The molecule has 2 atom stereocenters. The van der Waals surface area contributed by atoms with E-state index in [-0.39, 0.29) is 5.91 Å². The summed E-state index contributed by atoms with van der Waals surface area (Å²) >= 11 is 0. The van der Waals surface area contributed by atoms with Crippen molar-refractivity contribution in [2.75, 3.05) is 6.54 Å². The molecule has 0 aromatic heterocycles. The number of nitrogens with one attached hydrogen (secondary N) is 1. The van der Waals surface area contributed by atoms with E-state index in [1.54, 1.807) is 0 Å². The molecule has 17 heavy (non-hydrogen) atoms. The van der Waals surface area contributed by atoms with Gasteiger partial charge in [-0.1, -0.05) is 50.6 Å². The highest BCUT2D eigenvalue weighted by Gasteiger charge is 2.14. The Morgan fingerprint density at radius 1 is 1.35 bits per heavy atom. The van der Waals surface area contributed by atoms with Crippen molar-refractivity contribution in [3.63, 3.8) is 0 Å². The highest BCUT2D eigenvalue weighted by atomic mass is 16.2. The van der Waals surface area contributed by atoms with Crippen LogP contribution >= 0.6 is 0 Å². The third-order valence-corrected chi connectivity index (χ3v) is 2.96. The summed E-state index contributed by atoms with van der Waals surface area (Å²) < 4.78 is 0. The first-order valence-electron chi connectivity index (χ1n) is 6.20. The first kappa shape index (κ1) is 13.7. The van der Waals surface area contributed by atoms with Crippen LogP contribution in [-0.4, -0.2) is 18.5 Å². The summed E-state index contributed by atoms with van der Waals surface area (Å²) in [5, 5.41) is 2.89. The molecule has 1 aromatic rings. The maximum atomic E-state index is 11.7. The Morgan fingerprint density at radius 3 is 2.59 bits per heavy atom. The smallest absolute Gasteiger partial charge is 0.237 e. The quantitative estimate of drug-likeness (QED) is 0.787. The summed E-state index contributed by atoms with van der Waals surface area (Å²) in [6, 6.07) is 9.39. The highest BCUT2D eigenvalue weighted by Crippen LogP contribution is 2.02. The fraction of sp³-hybridized carbons (Fsp3) is 0.500. The van der Waals surface area contributed by atoms with Crippen LogP contribution in [0.4, 0.5) is 0 Å². The van der Waals surface area contributed by atoms with Gasteiger partial charge in [0.25, 0.3) is 0 Å². The molecule has 1 rings (SSSR count). The highest BCUT2D eigenvalue weighted by molar-refractivity contribution is 5.81. The summed E-state index contributed by atoms with van der Waals surface area (Å²) in [7, 11) is 0. The maximum Gasteiger partial charge on any atom is 0.237 e. The molecule has 1 aromatic carbocycles. The molecule has 0 heterocycles. The van der Waals surface area contributed by atoms with E-state index in [1.165, 1.54) is 0 Å². The fourth-order valence-corrected chi connectivity index (χ4v) is 1.51. The van der Waals surface area contributed by atoms with Crippen molar-refractivity contribution in [1.29, 1.82) is 0 Å². The Morgan fingerprint density at radius 2 is 2.00 bits per heavy atom. The number of carbonyl (C=O) groups excluding carboxylic acids is 1. The zero-order chi connectivity index (χ0) is 12.7. The molecule has 0 aliphatic heterocycles. The van der Waals surface area contributed by atoms with Gasteiger partial charge in [0.05, 0.1) is 6.04 Å². The van der Waals surface area contributed by atoms with Crippen LogP contribution in [0.3, 0.4) is 0 Å². The van der Waals surface area contributed by atoms with Gasteiger partial charge in [-0.2, -0.15) is 0 Å². The fourth-order valence-electron chi connectivity index (χ4n) is 1.51. The number of rotatable bonds is 6.